The number of carbonyl (C=O) groups excluding carboxylic acids is 2. The first-order valence-electron chi connectivity index (χ1n) is 8.16. The minimum absolute atomic E-state index is 0.0829. The Hall–Kier alpha value is -1.60. The van der Waals surface area contributed by atoms with Crippen molar-refractivity contribution >= 4 is 50.3 Å². The number of nitrogens with zero attached hydrogens (tertiary/aromatic N) is 2. The van der Waals surface area contributed by atoms with Gasteiger partial charge in [0.15, 0.2) is 5.13 Å². The molecule has 1 aromatic carbocycles. The normalized spacial score (nSPS) is 26.2. The highest BCUT2D eigenvalue weighted by molar-refractivity contribution is 8.01. The summed E-state index contributed by atoms with van der Waals surface area (Å²) in [5.41, 5.74) is 2.16. The molecular weight excluding hydrogens is 342 g/mol. The van der Waals surface area contributed by atoms with Crippen LogP contribution in [0.25, 0.3) is 10.2 Å². The lowest BCUT2D eigenvalue weighted by Gasteiger charge is -2.29. The van der Waals surface area contributed by atoms with Gasteiger partial charge >= 0.3 is 0 Å². The lowest BCUT2D eigenvalue weighted by Crippen LogP contribution is -2.48. The molecule has 0 bridgehead atoms. The zero-order valence-electron chi connectivity index (χ0n) is 13.7. The largest absolute Gasteiger partial charge is 0.315 e. The number of nitrogens with one attached hydrogen (secondary N) is 1. The third-order valence-electron chi connectivity index (χ3n) is 4.84. The number of aryl methyl sites for hydroxylation is 1. The Bertz CT molecular complexity index is 834. The lowest BCUT2D eigenvalue weighted by molar-refractivity contribution is -0.135. The molecule has 126 valence electrons. The molecule has 4 rings (SSSR count). The van der Waals surface area contributed by atoms with E-state index in [1.165, 1.54) is 16.9 Å². The number of thiazole rings is 1. The molecule has 24 heavy (non-hydrogen) atoms. The van der Waals surface area contributed by atoms with Gasteiger partial charge in [0.1, 0.15) is 6.04 Å². The van der Waals surface area contributed by atoms with Crippen LogP contribution in [0.5, 0.6) is 0 Å². The Balaban J connectivity index is 1.55. The van der Waals surface area contributed by atoms with E-state index in [9.17, 15) is 9.59 Å². The van der Waals surface area contributed by atoms with Crippen LogP contribution in [0.3, 0.4) is 0 Å². The van der Waals surface area contributed by atoms with Crippen LogP contribution in [0.2, 0.25) is 0 Å². The van der Waals surface area contributed by atoms with Gasteiger partial charge in [0.05, 0.1) is 15.1 Å². The molecule has 5 nitrogen and oxygen atoms in total. The van der Waals surface area contributed by atoms with Crippen LogP contribution in [0.4, 0.5) is 5.13 Å². The quantitative estimate of drug-likeness (QED) is 0.911. The molecule has 2 atom stereocenters. The monoisotopic (exact) mass is 361 g/mol. The van der Waals surface area contributed by atoms with Crippen molar-refractivity contribution in [3.8, 4) is 0 Å². The maximum absolute atomic E-state index is 12.7. The minimum Gasteiger partial charge on any atom is -0.315 e. The maximum atomic E-state index is 12.7. The fourth-order valence-electron chi connectivity index (χ4n) is 3.45. The first kappa shape index (κ1) is 15.9. The molecule has 0 unspecified atom stereocenters. The van der Waals surface area contributed by atoms with Crippen LogP contribution < -0.4 is 5.32 Å². The van der Waals surface area contributed by atoms with Crippen molar-refractivity contribution in [1.29, 1.82) is 0 Å². The van der Waals surface area contributed by atoms with Gasteiger partial charge in [-0.05, 0) is 37.5 Å². The molecule has 2 fully saturated rings. The SMILES string of the molecule is CCc1ccc2nc(NC(=O)[C@H]3CS[C@]4(C)CCC(=O)N34)sc2c1. The summed E-state index contributed by atoms with van der Waals surface area (Å²) < 4.78 is 1.08. The number of amides is 2. The molecular formula is C17H19N3O2S2. The van der Waals surface area contributed by atoms with E-state index in [1.54, 1.807) is 16.7 Å². The fourth-order valence-corrected chi connectivity index (χ4v) is 5.81. The Morgan fingerprint density at radius 3 is 3.12 bits per heavy atom. The molecule has 0 aliphatic carbocycles. The van der Waals surface area contributed by atoms with Crippen molar-refractivity contribution in [2.75, 3.05) is 11.1 Å². The van der Waals surface area contributed by atoms with Crippen LogP contribution in [0, 0.1) is 0 Å². The Kier molecular flexibility index (Phi) is 3.80. The predicted octanol–water partition coefficient (Wildman–Crippen LogP) is 3.25. The first-order valence-corrected chi connectivity index (χ1v) is 9.97. The highest BCUT2D eigenvalue weighted by Gasteiger charge is 2.52. The zero-order valence-corrected chi connectivity index (χ0v) is 15.3. The molecule has 2 aliphatic heterocycles. The van der Waals surface area contributed by atoms with Crippen LogP contribution in [0.15, 0.2) is 18.2 Å². The second kappa shape index (κ2) is 5.74. The van der Waals surface area contributed by atoms with E-state index >= 15 is 0 Å². The highest BCUT2D eigenvalue weighted by atomic mass is 32.2. The summed E-state index contributed by atoms with van der Waals surface area (Å²) >= 11 is 3.19. The van der Waals surface area contributed by atoms with Gasteiger partial charge in [-0.3, -0.25) is 9.59 Å². The average molecular weight is 361 g/mol. The van der Waals surface area contributed by atoms with Gasteiger partial charge in [-0.25, -0.2) is 4.98 Å². The van der Waals surface area contributed by atoms with Crippen LogP contribution >= 0.6 is 23.1 Å². The molecule has 0 radical (unpaired) electrons. The van der Waals surface area contributed by atoms with Crippen LogP contribution in [-0.2, 0) is 16.0 Å². The van der Waals surface area contributed by atoms with E-state index in [0.29, 0.717) is 17.3 Å². The van der Waals surface area contributed by atoms with Gasteiger partial charge in [0, 0.05) is 12.2 Å². The molecule has 0 spiro atoms. The van der Waals surface area contributed by atoms with Gasteiger partial charge < -0.3 is 10.2 Å². The van der Waals surface area contributed by atoms with Gasteiger partial charge in [-0.2, -0.15) is 0 Å². The van der Waals surface area contributed by atoms with E-state index < -0.39 is 6.04 Å². The number of benzene rings is 1. The zero-order chi connectivity index (χ0) is 16.9. The topological polar surface area (TPSA) is 62.3 Å². The Morgan fingerprint density at radius 1 is 1.50 bits per heavy atom. The van der Waals surface area contributed by atoms with E-state index in [-0.39, 0.29) is 16.7 Å². The van der Waals surface area contributed by atoms with Crippen LogP contribution in [-0.4, -0.2) is 38.4 Å². The van der Waals surface area contributed by atoms with Gasteiger partial charge in [-0.15, -0.1) is 11.8 Å². The number of fused-ring (bicyclic) bond motifs is 2. The van der Waals surface area contributed by atoms with Gasteiger partial charge in [0.25, 0.3) is 0 Å². The number of hydrogen-bond acceptors (Lipinski definition) is 5. The minimum atomic E-state index is -0.395. The number of hydrogen-bond donors (Lipinski definition) is 1. The van der Waals surface area contributed by atoms with E-state index in [4.69, 9.17) is 0 Å². The van der Waals surface area contributed by atoms with E-state index in [2.05, 4.69) is 36.3 Å². The highest BCUT2D eigenvalue weighted by Crippen LogP contribution is 2.47. The molecule has 3 heterocycles. The molecule has 2 aromatic rings. The van der Waals surface area contributed by atoms with E-state index in [1.807, 2.05) is 6.07 Å². The molecule has 1 N–H and O–H groups in total. The first-order chi connectivity index (χ1) is 11.5. The molecule has 2 aliphatic rings. The van der Waals surface area contributed by atoms with Crippen LogP contribution in [0.1, 0.15) is 32.3 Å². The number of carbonyl (C=O) groups is 2. The molecule has 1 aromatic heterocycles. The molecule has 0 saturated carbocycles. The third kappa shape index (κ3) is 2.50. The van der Waals surface area contributed by atoms with Crippen molar-refractivity contribution in [1.82, 2.24) is 9.88 Å². The van der Waals surface area contributed by atoms with Crippen molar-refractivity contribution < 1.29 is 9.59 Å². The Labute approximate surface area is 148 Å². The van der Waals surface area contributed by atoms with Crippen molar-refractivity contribution in [3.63, 3.8) is 0 Å². The summed E-state index contributed by atoms with van der Waals surface area (Å²) in [6.45, 7) is 4.17. The van der Waals surface area contributed by atoms with E-state index in [0.717, 1.165) is 23.1 Å². The molecule has 7 heteroatoms. The summed E-state index contributed by atoms with van der Waals surface area (Å²) in [5.74, 6) is 0.606. The number of thioether (sulfide) groups is 1. The lowest BCUT2D eigenvalue weighted by atomic mass is 10.2. The standard InChI is InChI=1S/C17H19N3O2S2/c1-3-10-4-5-11-13(8-10)24-16(18-11)19-15(22)12-9-23-17(2)7-6-14(21)20(12)17/h4-5,8,12H,3,6-7,9H2,1-2H3,(H,18,19,22)/t12-,17-/m1/s1. The predicted molar refractivity (Wildman–Crippen MR) is 98.4 cm³/mol. The summed E-state index contributed by atoms with van der Waals surface area (Å²) in [6, 6.07) is 5.78. The summed E-state index contributed by atoms with van der Waals surface area (Å²) in [4.78, 5) is 30.9. The molecule has 2 amide bonds. The van der Waals surface area contributed by atoms with Crippen molar-refractivity contribution in [2.24, 2.45) is 0 Å². The number of anilines is 1. The average Bonchev–Trinajstić information content (AvgIpc) is 3.19. The second-order valence-electron chi connectivity index (χ2n) is 6.43. The van der Waals surface area contributed by atoms with Crippen molar-refractivity contribution in [3.05, 3.63) is 23.8 Å². The fraction of sp³-hybridized carbons (Fsp3) is 0.471. The molecule has 2 saturated heterocycles. The summed E-state index contributed by atoms with van der Waals surface area (Å²) in [6.07, 6.45) is 2.33. The smallest absolute Gasteiger partial charge is 0.249 e. The summed E-state index contributed by atoms with van der Waals surface area (Å²) in [5, 5.41) is 3.53. The Morgan fingerprint density at radius 2 is 2.33 bits per heavy atom. The summed E-state index contributed by atoms with van der Waals surface area (Å²) in [7, 11) is 0. The van der Waals surface area contributed by atoms with Gasteiger partial charge in [-0.1, -0.05) is 24.3 Å². The third-order valence-corrected chi connectivity index (χ3v) is 7.28. The second-order valence-corrected chi connectivity index (χ2v) is 8.96. The van der Waals surface area contributed by atoms with Crippen molar-refractivity contribution in [2.45, 2.75) is 44.0 Å². The van der Waals surface area contributed by atoms with Gasteiger partial charge in [0.2, 0.25) is 11.8 Å². The number of aromatic nitrogens is 1. The number of rotatable bonds is 3. The maximum Gasteiger partial charge on any atom is 0.249 e.